The molecule has 0 saturated carbocycles. The third kappa shape index (κ3) is 4.51. The molecule has 0 atom stereocenters. The van der Waals surface area contributed by atoms with Crippen LogP contribution in [-0.4, -0.2) is 46.1 Å². The molecule has 116 valence electrons. The molecule has 0 bridgehead atoms. The summed E-state index contributed by atoms with van der Waals surface area (Å²) in [4.78, 5) is -0.362. The molecule has 0 aliphatic heterocycles. The van der Waals surface area contributed by atoms with Gasteiger partial charge in [-0.25, -0.2) is 12.8 Å². The maximum Gasteiger partial charge on any atom is 0.246 e. The molecule has 0 spiro atoms. The first-order chi connectivity index (χ1) is 9.97. The fourth-order valence-corrected chi connectivity index (χ4v) is 3.20. The number of sulfonamides is 1. The quantitative estimate of drug-likeness (QED) is 0.788. The van der Waals surface area contributed by atoms with Gasteiger partial charge in [0.15, 0.2) is 0 Å². The molecular formula is C14H19FN2O3S. The lowest BCUT2D eigenvalue weighted by molar-refractivity contribution is 0.180. The Hall–Kier alpha value is -1.46. The van der Waals surface area contributed by atoms with Gasteiger partial charge in [0, 0.05) is 25.8 Å². The number of benzene rings is 1. The second-order valence-corrected chi connectivity index (χ2v) is 6.05. The van der Waals surface area contributed by atoms with E-state index in [4.69, 9.17) is 10.5 Å². The highest BCUT2D eigenvalue weighted by molar-refractivity contribution is 7.89. The molecule has 1 rings (SSSR count). The largest absolute Gasteiger partial charge is 0.383 e. The SMILES string of the molecule is CCN(CCOC)S(=O)(=O)c1ccc(C#CCN)cc1F. The number of hydrogen-bond donors (Lipinski definition) is 1. The topological polar surface area (TPSA) is 72.6 Å². The van der Waals surface area contributed by atoms with Gasteiger partial charge in [-0.2, -0.15) is 4.31 Å². The monoisotopic (exact) mass is 314 g/mol. The molecule has 0 amide bonds. The predicted octanol–water partition coefficient (Wildman–Crippen LogP) is 0.793. The van der Waals surface area contributed by atoms with Gasteiger partial charge < -0.3 is 10.5 Å². The molecule has 0 heterocycles. The van der Waals surface area contributed by atoms with Gasteiger partial charge in [-0.3, -0.25) is 0 Å². The Balaban J connectivity index is 3.13. The lowest BCUT2D eigenvalue weighted by Crippen LogP contribution is -2.34. The van der Waals surface area contributed by atoms with E-state index >= 15 is 0 Å². The van der Waals surface area contributed by atoms with Crippen molar-refractivity contribution in [1.82, 2.24) is 4.31 Å². The Morgan fingerprint density at radius 2 is 2.14 bits per heavy atom. The van der Waals surface area contributed by atoms with Crippen molar-refractivity contribution in [2.24, 2.45) is 5.73 Å². The third-order valence-electron chi connectivity index (χ3n) is 2.78. The number of nitrogens with zero attached hydrogens (tertiary/aromatic N) is 1. The minimum absolute atomic E-state index is 0.155. The molecule has 1 aromatic rings. The first kappa shape index (κ1) is 17.6. The van der Waals surface area contributed by atoms with Crippen LogP contribution in [0.3, 0.4) is 0 Å². The summed E-state index contributed by atoms with van der Waals surface area (Å²) in [6, 6.07) is 3.78. The van der Waals surface area contributed by atoms with Crippen LogP contribution in [0.25, 0.3) is 0 Å². The molecule has 0 aliphatic rings. The molecule has 0 unspecified atom stereocenters. The summed E-state index contributed by atoms with van der Waals surface area (Å²) in [6.07, 6.45) is 0. The summed E-state index contributed by atoms with van der Waals surface area (Å²) < 4.78 is 44.9. The molecule has 5 nitrogen and oxygen atoms in total. The van der Waals surface area contributed by atoms with Gasteiger partial charge in [-0.15, -0.1) is 0 Å². The van der Waals surface area contributed by atoms with Gasteiger partial charge in [-0.05, 0) is 18.2 Å². The van der Waals surface area contributed by atoms with Crippen LogP contribution in [-0.2, 0) is 14.8 Å². The number of hydrogen-bond acceptors (Lipinski definition) is 4. The zero-order chi connectivity index (χ0) is 15.9. The highest BCUT2D eigenvalue weighted by Crippen LogP contribution is 2.20. The normalized spacial score (nSPS) is 11.3. The summed E-state index contributed by atoms with van der Waals surface area (Å²) in [6.45, 7) is 2.49. The number of rotatable bonds is 6. The van der Waals surface area contributed by atoms with Crippen molar-refractivity contribution in [2.75, 3.05) is 33.4 Å². The van der Waals surface area contributed by atoms with E-state index in [1.165, 1.54) is 23.5 Å². The molecule has 0 radical (unpaired) electrons. The average Bonchev–Trinajstić information content (AvgIpc) is 2.45. The van der Waals surface area contributed by atoms with E-state index in [0.29, 0.717) is 5.56 Å². The number of ether oxygens (including phenoxy) is 1. The third-order valence-corrected chi connectivity index (χ3v) is 4.79. The lowest BCUT2D eigenvalue weighted by atomic mass is 10.2. The van der Waals surface area contributed by atoms with Crippen molar-refractivity contribution >= 4 is 10.0 Å². The van der Waals surface area contributed by atoms with Crippen LogP contribution in [0.4, 0.5) is 4.39 Å². The van der Waals surface area contributed by atoms with Gasteiger partial charge in [0.2, 0.25) is 10.0 Å². The van der Waals surface area contributed by atoms with Crippen LogP contribution in [0, 0.1) is 17.7 Å². The van der Waals surface area contributed by atoms with Crippen molar-refractivity contribution in [3.63, 3.8) is 0 Å². The smallest absolute Gasteiger partial charge is 0.246 e. The molecule has 2 N–H and O–H groups in total. The van der Waals surface area contributed by atoms with E-state index in [1.54, 1.807) is 6.92 Å². The van der Waals surface area contributed by atoms with Crippen LogP contribution in [0.2, 0.25) is 0 Å². The van der Waals surface area contributed by atoms with Gasteiger partial charge in [-0.1, -0.05) is 18.8 Å². The highest BCUT2D eigenvalue weighted by Gasteiger charge is 2.26. The van der Waals surface area contributed by atoms with Crippen molar-refractivity contribution < 1.29 is 17.5 Å². The first-order valence-corrected chi connectivity index (χ1v) is 7.89. The Morgan fingerprint density at radius 1 is 1.43 bits per heavy atom. The second kappa shape index (κ2) is 8.10. The van der Waals surface area contributed by atoms with Gasteiger partial charge in [0.25, 0.3) is 0 Å². The highest BCUT2D eigenvalue weighted by atomic mass is 32.2. The van der Waals surface area contributed by atoms with Crippen molar-refractivity contribution in [1.29, 1.82) is 0 Å². The predicted molar refractivity (Wildman–Crippen MR) is 78.6 cm³/mol. The average molecular weight is 314 g/mol. The fourth-order valence-electron chi connectivity index (χ4n) is 1.72. The van der Waals surface area contributed by atoms with Crippen molar-refractivity contribution in [2.45, 2.75) is 11.8 Å². The molecule has 0 aliphatic carbocycles. The number of halogens is 1. The van der Waals surface area contributed by atoms with Crippen LogP contribution < -0.4 is 5.73 Å². The van der Waals surface area contributed by atoms with Crippen LogP contribution in [0.15, 0.2) is 23.1 Å². The second-order valence-electron chi connectivity index (χ2n) is 4.14. The number of methoxy groups -OCH3 is 1. The summed E-state index contributed by atoms with van der Waals surface area (Å²) >= 11 is 0. The zero-order valence-corrected chi connectivity index (χ0v) is 12.9. The molecular weight excluding hydrogens is 295 g/mol. The summed E-state index contributed by atoms with van der Waals surface area (Å²) in [5, 5.41) is 0. The molecule has 0 fully saturated rings. The zero-order valence-electron chi connectivity index (χ0n) is 12.1. The Bertz CT molecular complexity index is 635. The molecule has 1 aromatic carbocycles. The van der Waals surface area contributed by atoms with E-state index in [9.17, 15) is 12.8 Å². The first-order valence-electron chi connectivity index (χ1n) is 6.45. The van der Waals surface area contributed by atoms with E-state index in [2.05, 4.69) is 11.8 Å². The van der Waals surface area contributed by atoms with E-state index in [1.807, 2.05) is 0 Å². The van der Waals surface area contributed by atoms with Crippen LogP contribution in [0.1, 0.15) is 12.5 Å². The summed E-state index contributed by atoms with van der Waals surface area (Å²) in [5.41, 5.74) is 5.62. The molecule has 0 saturated heterocycles. The Morgan fingerprint density at radius 3 is 2.67 bits per heavy atom. The molecule has 21 heavy (non-hydrogen) atoms. The lowest BCUT2D eigenvalue weighted by Gasteiger charge is -2.20. The maximum absolute atomic E-state index is 14.1. The van der Waals surface area contributed by atoms with Gasteiger partial charge in [0.1, 0.15) is 10.7 Å². The summed E-state index contributed by atoms with van der Waals surface area (Å²) in [7, 11) is -2.41. The van der Waals surface area contributed by atoms with Crippen molar-refractivity contribution in [3.8, 4) is 11.8 Å². The Labute approximate surface area is 124 Å². The number of nitrogens with two attached hydrogens (primary N) is 1. The van der Waals surface area contributed by atoms with Crippen LogP contribution in [0.5, 0.6) is 0 Å². The van der Waals surface area contributed by atoms with E-state index in [-0.39, 0.29) is 31.1 Å². The van der Waals surface area contributed by atoms with E-state index < -0.39 is 15.8 Å². The van der Waals surface area contributed by atoms with Gasteiger partial charge in [0.05, 0.1) is 13.2 Å². The standard InChI is InChI=1S/C14H19FN2O3S/c1-3-17(9-10-20-2)21(18,19)14-7-6-12(5-4-8-16)11-13(14)15/h6-7,11H,3,8-10,16H2,1-2H3. The number of likely N-dealkylation sites (N-methyl/N-ethyl adjacent to an activating group) is 1. The molecule has 0 aromatic heterocycles. The minimum Gasteiger partial charge on any atom is -0.383 e. The fraction of sp³-hybridized carbons (Fsp3) is 0.429. The van der Waals surface area contributed by atoms with E-state index in [0.717, 1.165) is 6.07 Å². The minimum atomic E-state index is -3.89. The maximum atomic E-state index is 14.1. The van der Waals surface area contributed by atoms with Crippen LogP contribution >= 0.6 is 0 Å². The Kier molecular flexibility index (Phi) is 6.78. The summed E-state index contributed by atoms with van der Waals surface area (Å²) in [5.74, 6) is 4.42. The molecule has 7 heteroatoms. The van der Waals surface area contributed by atoms with Crippen molar-refractivity contribution in [3.05, 3.63) is 29.6 Å². The van der Waals surface area contributed by atoms with Gasteiger partial charge >= 0.3 is 0 Å².